The number of carbonyl (C=O) groups excluding carboxylic acids is 1. The lowest BCUT2D eigenvalue weighted by atomic mass is 10.1. The van der Waals surface area contributed by atoms with E-state index < -0.39 is 0 Å². The lowest BCUT2D eigenvalue weighted by Crippen LogP contribution is -2.47. The van der Waals surface area contributed by atoms with Crippen molar-refractivity contribution in [1.82, 2.24) is 19.2 Å². The zero-order chi connectivity index (χ0) is 27.9. The van der Waals surface area contributed by atoms with Crippen molar-refractivity contribution in [2.24, 2.45) is 0 Å². The highest BCUT2D eigenvalue weighted by Gasteiger charge is 2.35. The Labute approximate surface area is 258 Å². The summed E-state index contributed by atoms with van der Waals surface area (Å²) in [5.41, 5.74) is 1.92. The predicted molar refractivity (Wildman–Crippen MR) is 168 cm³/mol. The molecule has 7 rings (SSSR count). The fourth-order valence-corrected chi connectivity index (χ4v) is 6.91. The Kier molecular flexibility index (Phi) is 8.42. The van der Waals surface area contributed by atoms with Crippen LogP contribution in [0.25, 0.3) is 11.7 Å². The van der Waals surface area contributed by atoms with E-state index in [2.05, 4.69) is 15.9 Å². The summed E-state index contributed by atoms with van der Waals surface area (Å²) in [5, 5.41) is 0. The highest BCUT2D eigenvalue weighted by molar-refractivity contribution is 8.26. The van der Waals surface area contributed by atoms with Crippen LogP contribution >= 0.6 is 36.4 Å². The molecule has 6 heterocycles. The maximum Gasteiger partial charge on any atom is 0.267 e. The van der Waals surface area contributed by atoms with E-state index in [9.17, 15) is 9.59 Å². The molecule has 1 unspecified atom stereocenters. The molecule has 2 aromatic heterocycles. The molecule has 13 heteroatoms. The third-order valence-electron chi connectivity index (χ3n) is 7.82. The number of thioether (sulfide) groups is 1. The van der Waals surface area contributed by atoms with E-state index in [0.717, 1.165) is 49.5 Å². The SMILES string of the molecule is Cl.O=C1/C(=C/c2c(N3CCN(Cc4ccc5c(c4)OCO5)CC3)nc3ccccn3c2=O)SC(=S)N1CC1CCCO1. The molecule has 1 amide bonds. The summed E-state index contributed by atoms with van der Waals surface area (Å²) < 4.78 is 18.7. The van der Waals surface area contributed by atoms with Gasteiger partial charge in [-0.1, -0.05) is 36.1 Å². The number of hydrogen-bond acceptors (Lipinski definition) is 10. The second kappa shape index (κ2) is 12.2. The number of nitrogens with zero attached hydrogens (tertiary/aromatic N) is 5. The maximum atomic E-state index is 13.8. The average molecular weight is 628 g/mol. The molecular weight excluding hydrogens is 598 g/mol. The summed E-state index contributed by atoms with van der Waals surface area (Å²) in [4.78, 5) is 38.6. The number of pyridine rings is 1. The van der Waals surface area contributed by atoms with Gasteiger partial charge < -0.3 is 19.1 Å². The third-order valence-corrected chi connectivity index (χ3v) is 9.20. The van der Waals surface area contributed by atoms with E-state index in [4.69, 9.17) is 31.4 Å². The first kappa shape index (κ1) is 28.9. The number of halogens is 1. The Morgan fingerprint density at radius 2 is 1.90 bits per heavy atom. The Morgan fingerprint density at radius 1 is 1.07 bits per heavy atom. The van der Waals surface area contributed by atoms with Crippen LogP contribution in [0.3, 0.4) is 0 Å². The van der Waals surface area contributed by atoms with Crippen LogP contribution in [0.1, 0.15) is 24.0 Å². The fraction of sp³-hybridized carbons (Fsp3) is 0.379. The standard InChI is InChI=1S/C29H29N5O5S2.ClH/c35-27-21(15-24-28(36)34(29(40)41-24)17-20-4-3-13-37-20)26(30-25-5-1-2-8-33(25)27)32-11-9-31(10-12-32)16-19-6-7-22-23(14-19)39-18-38-22;/h1-2,5-8,14-15,20H,3-4,9-13,16-18H2;1H/b24-15-;. The maximum absolute atomic E-state index is 13.8. The largest absolute Gasteiger partial charge is 0.454 e. The van der Waals surface area contributed by atoms with Crippen molar-refractivity contribution in [1.29, 1.82) is 0 Å². The van der Waals surface area contributed by atoms with Gasteiger partial charge in [0.25, 0.3) is 11.5 Å². The monoisotopic (exact) mass is 627 g/mol. The fourth-order valence-electron chi connectivity index (χ4n) is 5.65. The number of amides is 1. The Morgan fingerprint density at radius 3 is 2.71 bits per heavy atom. The molecule has 10 nitrogen and oxygen atoms in total. The minimum Gasteiger partial charge on any atom is -0.454 e. The van der Waals surface area contributed by atoms with Crippen molar-refractivity contribution in [3.8, 4) is 11.5 Å². The first-order valence-corrected chi connectivity index (χ1v) is 15.0. The zero-order valence-electron chi connectivity index (χ0n) is 22.8. The number of thiocarbonyl (C=S) groups is 1. The highest BCUT2D eigenvalue weighted by atomic mass is 35.5. The molecule has 0 spiro atoms. The normalized spacial score (nSPS) is 21.5. The molecular formula is C29H30ClN5O5S2. The molecule has 3 saturated heterocycles. The topological polar surface area (TPSA) is 88.8 Å². The first-order valence-electron chi connectivity index (χ1n) is 13.8. The van der Waals surface area contributed by atoms with Crippen molar-refractivity contribution in [2.75, 3.05) is 51.0 Å². The van der Waals surface area contributed by atoms with Gasteiger partial charge in [-0.05, 0) is 48.7 Å². The van der Waals surface area contributed by atoms with Crippen LogP contribution in [0.4, 0.5) is 5.82 Å². The highest BCUT2D eigenvalue weighted by Crippen LogP contribution is 2.35. The van der Waals surface area contributed by atoms with Gasteiger partial charge in [-0.25, -0.2) is 4.98 Å². The summed E-state index contributed by atoms with van der Waals surface area (Å²) in [6, 6.07) is 11.6. The number of carbonyl (C=O) groups is 1. The van der Waals surface area contributed by atoms with Crippen LogP contribution in [0, 0.1) is 0 Å². The molecule has 0 bridgehead atoms. The number of hydrogen-bond donors (Lipinski definition) is 0. The quantitative estimate of drug-likeness (QED) is 0.299. The number of ether oxygens (including phenoxy) is 3. The molecule has 0 radical (unpaired) electrons. The summed E-state index contributed by atoms with van der Waals surface area (Å²) in [6.45, 7) is 5.19. The minimum absolute atomic E-state index is 0. The molecule has 1 aromatic carbocycles. The minimum atomic E-state index is -0.210. The number of rotatable bonds is 6. The van der Waals surface area contributed by atoms with Crippen molar-refractivity contribution >= 4 is 64.2 Å². The summed E-state index contributed by atoms with van der Waals surface area (Å²) in [6.07, 6.45) is 5.28. The van der Waals surface area contributed by atoms with Gasteiger partial charge in [0.1, 0.15) is 15.8 Å². The number of anilines is 1. The van der Waals surface area contributed by atoms with Crippen molar-refractivity contribution in [3.05, 3.63) is 69.0 Å². The third kappa shape index (κ3) is 5.61. The van der Waals surface area contributed by atoms with Gasteiger partial charge in [0.15, 0.2) is 11.5 Å². The van der Waals surface area contributed by atoms with Crippen LogP contribution in [0.15, 0.2) is 52.3 Å². The van der Waals surface area contributed by atoms with Crippen LogP contribution in [-0.2, 0) is 16.1 Å². The smallest absolute Gasteiger partial charge is 0.267 e. The van der Waals surface area contributed by atoms with Crippen molar-refractivity contribution in [3.63, 3.8) is 0 Å². The van der Waals surface area contributed by atoms with Gasteiger partial charge >= 0.3 is 0 Å². The molecule has 4 aliphatic rings. The molecule has 42 heavy (non-hydrogen) atoms. The molecule has 0 N–H and O–H groups in total. The lowest BCUT2D eigenvalue weighted by molar-refractivity contribution is -0.123. The van der Waals surface area contributed by atoms with Crippen LogP contribution in [0.5, 0.6) is 11.5 Å². The van der Waals surface area contributed by atoms with Crippen molar-refractivity contribution < 1.29 is 19.0 Å². The molecule has 3 aromatic rings. The van der Waals surface area contributed by atoms with Gasteiger partial charge in [-0.15, -0.1) is 12.4 Å². The van der Waals surface area contributed by atoms with Crippen molar-refractivity contribution in [2.45, 2.75) is 25.5 Å². The van der Waals surface area contributed by atoms with Gasteiger partial charge in [0.2, 0.25) is 6.79 Å². The van der Waals surface area contributed by atoms with Gasteiger partial charge in [0.05, 0.1) is 23.1 Å². The molecule has 4 aliphatic heterocycles. The summed E-state index contributed by atoms with van der Waals surface area (Å²) in [5.74, 6) is 1.97. The van der Waals surface area contributed by atoms with Gasteiger partial charge in [-0.2, -0.15) is 0 Å². The van der Waals surface area contributed by atoms with E-state index in [1.54, 1.807) is 23.2 Å². The Balaban J connectivity index is 0.00000316. The van der Waals surface area contributed by atoms with E-state index in [-0.39, 0.29) is 36.8 Å². The van der Waals surface area contributed by atoms with E-state index >= 15 is 0 Å². The second-order valence-electron chi connectivity index (χ2n) is 10.5. The van der Waals surface area contributed by atoms with Crippen LogP contribution in [0.2, 0.25) is 0 Å². The number of aromatic nitrogens is 2. The van der Waals surface area contributed by atoms with E-state index in [1.807, 2.05) is 24.3 Å². The van der Waals surface area contributed by atoms with Crippen LogP contribution in [-0.4, -0.2) is 81.6 Å². The predicted octanol–water partition coefficient (Wildman–Crippen LogP) is 3.55. The van der Waals surface area contributed by atoms with Gasteiger partial charge in [-0.3, -0.25) is 23.8 Å². The number of benzene rings is 1. The molecule has 3 fully saturated rings. The zero-order valence-corrected chi connectivity index (χ0v) is 25.2. The molecule has 0 aliphatic carbocycles. The Hall–Kier alpha value is -3.16. The molecule has 220 valence electrons. The number of fused-ring (bicyclic) bond motifs is 2. The number of piperazine rings is 1. The lowest BCUT2D eigenvalue weighted by Gasteiger charge is -2.36. The average Bonchev–Trinajstić information content (AvgIpc) is 3.73. The van der Waals surface area contributed by atoms with Gasteiger partial charge in [0, 0.05) is 45.5 Å². The first-order chi connectivity index (χ1) is 20.0. The molecule has 0 saturated carbocycles. The second-order valence-corrected chi connectivity index (χ2v) is 12.1. The van der Waals surface area contributed by atoms with E-state index in [0.29, 0.717) is 52.5 Å². The Bertz CT molecular complexity index is 1620. The summed E-state index contributed by atoms with van der Waals surface area (Å²) >= 11 is 6.78. The van der Waals surface area contributed by atoms with E-state index in [1.165, 1.54) is 16.2 Å². The molecule has 1 atom stereocenters. The summed E-state index contributed by atoms with van der Waals surface area (Å²) in [7, 11) is 0. The van der Waals surface area contributed by atoms with Crippen LogP contribution < -0.4 is 19.9 Å².